The van der Waals surface area contributed by atoms with E-state index in [1.54, 1.807) is 0 Å². The van der Waals surface area contributed by atoms with Crippen molar-refractivity contribution in [3.05, 3.63) is 112 Å². The van der Waals surface area contributed by atoms with Crippen LogP contribution in [0.4, 0.5) is 0 Å². The number of pyridine rings is 1. The minimum absolute atomic E-state index is 0. The van der Waals surface area contributed by atoms with Gasteiger partial charge in [-0.25, -0.2) is 9.97 Å². The van der Waals surface area contributed by atoms with E-state index in [4.69, 9.17) is 15.0 Å². The molecule has 5 aromatic rings. The number of aryl methyl sites for hydroxylation is 2. The van der Waals surface area contributed by atoms with Crippen LogP contribution in [0.5, 0.6) is 0 Å². The smallest absolute Gasteiger partial charge is 0.161 e. The van der Waals surface area contributed by atoms with Gasteiger partial charge < -0.3 is 4.98 Å². The number of aromatic nitrogens is 3. The molecule has 217 valence electrons. The summed E-state index contributed by atoms with van der Waals surface area (Å²) in [4.78, 5) is 14.7. The van der Waals surface area contributed by atoms with Gasteiger partial charge >= 0.3 is 0 Å². The number of hydrogen-bond acceptors (Lipinski definition) is 3. The van der Waals surface area contributed by atoms with Crippen LogP contribution in [0.3, 0.4) is 0 Å². The third kappa shape index (κ3) is 6.97. The first-order valence-electron chi connectivity index (χ1n) is 14.1. The monoisotopic (exact) mass is 795 g/mol. The first-order chi connectivity index (χ1) is 19.3. The zero-order chi connectivity index (χ0) is 29.5. The van der Waals surface area contributed by atoms with Crippen LogP contribution in [0.25, 0.3) is 44.9 Å². The van der Waals surface area contributed by atoms with Gasteiger partial charge in [-0.1, -0.05) is 139 Å². The minimum Gasteiger partial charge on any atom is -0.304 e. The summed E-state index contributed by atoms with van der Waals surface area (Å²) in [5, 5.41) is 0. The van der Waals surface area contributed by atoms with E-state index in [9.17, 15) is 0 Å². The zero-order valence-corrected chi connectivity index (χ0v) is 29.5. The molecule has 0 amide bonds. The van der Waals surface area contributed by atoms with Gasteiger partial charge in [0.2, 0.25) is 0 Å². The Bertz CT molecular complexity index is 1680. The third-order valence-electron chi connectivity index (χ3n) is 7.21. The van der Waals surface area contributed by atoms with Gasteiger partial charge in [-0.2, -0.15) is 0 Å². The van der Waals surface area contributed by atoms with Crippen molar-refractivity contribution in [3.63, 3.8) is 0 Å². The first-order valence-corrected chi connectivity index (χ1v) is 14.8. The molecule has 5 heteroatoms. The Morgan fingerprint density at radius 3 is 1.79 bits per heavy atom. The molecule has 0 aliphatic rings. The molecular weight excluding hydrogens is 759 g/mol. The average Bonchev–Trinajstić information content (AvgIpc) is 2.91. The van der Waals surface area contributed by atoms with Gasteiger partial charge in [-0.05, 0) is 36.7 Å². The Balaban J connectivity index is 0.00000405. The van der Waals surface area contributed by atoms with Crippen LogP contribution in [0, 0.1) is 19.9 Å². The Morgan fingerprint density at radius 1 is 0.667 bits per heavy atom. The standard InChI is InChI=1S/C37H37BrN3.Ir/c1-23-17-24(2)19-27(18-23)28-11-9-10-12-29(28)30-15-13-25(20-31(30)38)32-16-14-26(22-39-32)35-40-33(36(3,4)5)21-34(41-35)37(6,7)8;/h9-12,14-22H,1-8H3;/q-1;. The van der Waals surface area contributed by atoms with Crippen molar-refractivity contribution < 1.29 is 20.1 Å². The Kier molecular flexibility index (Phi) is 9.37. The maximum atomic E-state index is 4.93. The molecule has 3 aromatic carbocycles. The van der Waals surface area contributed by atoms with Gasteiger partial charge in [0.1, 0.15) is 0 Å². The molecule has 5 rings (SSSR count). The fraction of sp³-hybridized carbons (Fsp3) is 0.270. The molecule has 0 unspecified atom stereocenters. The second-order valence-electron chi connectivity index (χ2n) is 12.9. The zero-order valence-electron chi connectivity index (χ0n) is 25.6. The van der Waals surface area contributed by atoms with E-state index in [2.05, 4.69) is 144 Å². The fourth-order valence-electron chi connectivity index (χ4n) is 4.95. The molecule has 42 heavy (non-hydrogen) atoms. The summed E-state index contributed by atoms with van der Waals surface area (Å²) in [6.45, 7) is 17.4. The molecule has 0 spiro atoms. The van der Waals surface area contributed by atoms with Gasteiger partial charge in [0.15, 0.2) is 5.82 Å². The summed E-state index contributed by atoms with van der Waals surface area (Å²) in [7, 11) is 0. The van der Waals surface area contributed by atoms with Crippen LogP contribution in [-0.4, -0.2) is 15.0 Å². The molecule has 0 saturated carbocycles. The quantitative estimate of drug-likeness (QED) is 0.170. The number of benzene rings is 3. The van der Waals surface area contributed by atoms with E-state index < -0.39 is 0 Å². The van der Waals surface area contributed by atoms with Crippen LogP contribution in [0.1, 0.15) is 64.1 Å². The summed E-state index contributed by atoms with van der Waals surface area (Å²) >= 11 is 3.85. The van der Waals surface area contributed by atoms with Crippen molar-refractivity contribution >= 4 is 15.9 Å². The summed E-state index contributed by atoms with van der Waals surface area (Å²) in [5.41, 5.74) is 11.8. The predicted molar refractivity (Wildman–Crippen MR) is 175 cm³/mol. The summed E-state index contributed by atoms with van der Waals surface area (Å²) in [5.74, 6) is 0.713. The number of nitrogens with zero attached hydrogens (tertiary/aromatic N) is 3. The van der Waals surface area contributed by atoms with Crippen molar-refractivity contribution in [1.29, 1.82) is 0 Å². The van der Waals surface area contributed by atoms with E-state index in [1.807, 2.05) is 12.3 Å². The Labute approximate surface area is 272 Å². The second-order valence-corrected chi connectivity index (χ2v) is 13.8. The molecular formula is C37H37BrIrN3-. The van der Waals surface area contributed by atoms with E-state index >= 15 is 0 Å². The molecule has 0 bridgehead atoms. The molecule has 0 aliphatic heterocycles. The van der Waals surface area contributed by atoms with Crippen LogP contribution < -0.4 is 0 Å². The fourth-order valence-corrected chi connectivity index (χ4v) is 5.51. The largest absolute Gasteiger partial charge is 0.304 e. The Hall–Kier alpha value is -2.98. The summed E-state index contributed by atoms with van der Waals surface area (Å²) in [6, 6.07) is 29.1. The van der Waals surface area contributed by atoms with Crippen molar-refractivity contribution in [2.24, 2.45) is 0 Å². The van der Waals surface area contributed by atoms with Gasteiger partial charge in [-0.3, -0.25) is 0 Å². The molecule has 2 aromatic heterocycles. The maximum absolute atomic E-state index is 4.93. The van der Waals surface area contributed by atoms with Crippen molar-refractivity contribution in [3.8, 4) is 44.9 Å². The van der Waals surface area contributed by atoms with Crippen LogP contribution >= 0.6 is 15.9 Å². The minimum atomic E-state index is -0.0785. The Morgan fingerprint density at radius 2 is 1.26 bits per heavy atom. The molecule has 0 atom stereocenters. The molecule has 3 nitrogen and oxygen atoms in total. The second kappa shape index (κ2) is 12.3. The number of halogens is 1. The first kappa shape index (κ1) is 31.9. The summed E-state index contributed by atoms with van der Waals surface area (Å²) < 4.78 is 1.00. The predicted octanol–water partition coefficient (Wildman–Crippen LogP) is 10.3. The van der Waals surface area contributed by atoms with Crippen molar-refractivity contribution in [2.75, 3.05) is 0 Å². The van der Waals surface area contributed by atoms with E-state index in [0.717, 1.165) is 38.2 Å². The van der Waals surface area contributed by atoms with Gasteiger partial charge in [-0.15, -0.1) is 23.8 Å². The maximum Gasteiger partial charge on any atom is 0.161 e. The molecule has 0 N–H and O–H groups in total. The van der Waals surface area contributed by atoms with Crippen LogP contribution in [-0.2, 0) is 30.9 Å². The van der Waals surface area contributed by atoms with Crippen molar-refractivity contribution in [1.82, 2.24) is 15.0 Å². The van der Waals surface area contributed by atoms with Gasteiger partial charge in [0, 0.05) is 42.7 Å². The van der Waals surface area contributed by atoms with Crippen LogP contribution in [0.15, 0.2) is 83.5 Å². The SMILES string of the molecule is Cc1cc(C)cc(-c2ccccc2-c2c[c-]c(-c3ccc(-c4nc(C(C)(C)C)cc(C(C)(C)C)n4)cn3)cc2Br)c1.[Ir]. The molecule has 0 saturated heterocycles. The normalized spacial score (nSPS) is 11.7. The van der Waals surface area contributed by atoms with E-state index in [1.165, 1.54) is 27.8 Å². The number of rotatable bonds is 4. The molecule has 0 fully saturated rings. The van der Waals surface area contributed by atoms with E-state index in [0.29, 0.717) is 5.82 Å². The van der Waals surface area contributed by atoms with Gasteiger partial charge in [0.05, 0.1) is 11.4 Å². The van der Waals surface area contributed by atoms with Crippen LogP contribution in [0.2, 0.25) is 0 Å². The summed E-state index contributed by atoms with van der Waals surface area (Å²) in [6.07, 6.45) is 1.87. The third-order valence-corrected chi connectivity index (χ3v) is 7.87. The number of hydrogen-bond donors (Lipinski definition) is 0. The topological polar surface area (TPSA) is 38.7 Å². The molecule has 2 heterocycles. The average molecular weight is 796 g/mol. The molecule has 0 aliphatic carbocycles. The van der Waals surface area contributed by atoms with Crippen molar-refractivity contribution in [2.45, 2.75) is 66.2 Å². The molecule has 1 radical (unpaired) electrons. The van der Waals surface area contributed by atoms with E-state index in [-0.39, 0.29) is 30.9 Å². The van der Waals surface area contributed by atoms with Gasteiger partial charge in [0.25, 0.3) is 0 Å².